The lowest BCUT2D eigenvalue weighted by atomic mass is 10.4. The van der Waals surface area contributed by atoms with E-state index in [1.807, 2.05) is 12.1 Å². The van der Waals surface area contributed by atoms with Gasteiger partial charge in [-0.05, 0) is 24.3 Å². The molecule has 0 atom stereocenters. The third-order valence-corrected chi connectivity index (χ3v) is 8.13. The highest BCUT2D eigenvalue weighted by Gasteiger charge is 2.26. The fourth-order valence-corrected chi connectivity index (χ4v) is 5.82. The van der Waals surface area contributed by atoms with E-state index in [9.17, 15) is 13.2 Å². The number of carbonyl (C=O) groups excluding carboxylic acids is 1. The highest BCUT2D eigenvalue weighted by atomic mass is 35.5. The first-order valence-corrected chi connectivity index (χ1v) is 12.1. The number of thiophene rings is 1. The number of sulfonamides is 1. The summed E-state index contributed by atoms with van der Waals surface area (Å²) in [6.07, 6.45) is 1.34. The Kier molecular flexibility index (Phi) is 7.35. The Labute approximate surface area is 177 Å². The molecule has 0 saturated carbocycles. The summed E-state index contributed by atoms with van der Waals surface area (Å²) >= 11 is 8.63. The summed E-state index contributed by atoms with van der Waals surface area (Å²) in [5, 5.41) is 0.599. The van der Waals surface area contributed by atoms with E-state index in [4.69, 9.17) is 16.3 Å². The quantitative estimate of drug-likeness (QED) is 0.589. The predicted molar refractivity (Wildman–Crippen MR) is 110 cm³/mol. The number of thioether (sulfide) groups is 1. The van der Waals surface area contributed by atoms with Crippen molar-refractivity contribution in [3.8, 4) is 0 Å². The molecule has 1 aliphatic heterocycles. The number of aromatic nitrogens is 1. The average Bonchev–Trinajstić information content (AvgIpc) is 3.11. The number of halogens is 1. The standard InChI is InChI=1S/C17H20ClN3O4S3/c1-20(11-13-2-4-15(18)27-13)17(22)12-26-16-5-3-14(10-19-16)28(23,24)21-6-8-25-9-7-21/h2-5,10H,6-9,11-12H2,1H3. The van der Waals surface area contributed by atoms with E-state index in [2.05, 4.69) is 4.98 Å². The molecule has 3 heterocycles. The first-order chi connectivity index (χ1) is 13.4. The summed E-state index contributed by atoms with van der Waals surface area (Å²) in [6.45, 7) is 1.98. The zero-order chi connectivity index (χ0) is 20.1. The SMILES string of the molecule is CN(Cc1ccc(Cl)s1)C(=O)CSc1ccc(S(=O)(=O)N2CCOCC2)cn1. The topological polar surface area (TPSA) is 79.8 Å². The summed E-state index contributed by atoms with van der Waals surface area (Å²) in [5.41, 5.74) is 0. The maximum absolute atomic E-state index is 12.6. The molecular formula is C17H20ClN3O4S3. The number of carbonyl (C=O) groups is 1. The molecule has 0 spiro atoms. The molecule has 3 rings (SSSR count). The number of ether oxygens (including phenoxy) is 1. The van der Waals surface area contributed by atoms with Gasteiger partial charge < -0.3 is 9.64 Å². The van der Waals surface area contributed by atoms with Crippen LogP contribution in [0.5, 0.6) is 0 Å². The summed E-state index contributed by atoms with van der Waals surface area (Å²) in [6, 6.07) is 6.87. The van der Waals surface area contributed by atoms with E-state index in [0.717, 1.165) is 4.88 Å². The van der Waals surface area contributed by atoms with Crippen molar-refractivity contribution in [2.75, 3.05) is 39.1 Å². The molecule has 11 heteroatoms. The highest BCUT2D eigenvalue weighted by molar-refractivity contribution is 7.99. The van der Waals surface area contributed by atoms with Crippen LogP contribution in [-0.4, -0.2) is 67.6 Å². The first kappa shape index (κ1) is 21.5. The minimum Gasteiger partial charge on any atom is -0.379 e. The summed E-state index contributed by atoms with van der Waals surface area (Å²) in [7, 11) is -1.82. The fourth-order valence-electron chi connectivity index (χ4n) is 2.55. The summed E-state index contributed by atoms with van der Waals surface area (Å²) in [4.78, 5) is 19.3. The van der Waals surface area contributed by atoms with Crippen molar-refractivity contribution in [2.24, 2.45) is 0 Å². The van der Waals surface area contributed by atoms with Crippen LogP contribution < -0.4 is 0 Å². The van der Waals surface area contributed by atoms with Crippen LogP contribution in [0.1, 0.15) is 4.88 Å². The van der Waals surface area contributed by atoms with Gasteiger partial charge >= 0.3 is 0 Å². The van der Waals surface area contributed by atoms with E-state index in [1.165, 1.54) is 39.7 Å². The molecular weight excluding hydrogens is 442 g/mol. The molecule has 0 aromatic carbocycles. The Morgan fingerprint density at radius 1 is 1.32 bits per heavy atom. The van der Waals surface area contributed by atoms with Gasteiger partial charge in [0.15, 0.2) is 0 Å². The van der Waals surface area contributed by atoms with Crippen molar-refractivity contribution in [3.05, 3.63) is 39.7 Å². The van der Waals surface area contributed by atoms with E-state index in [-0.39, 0.29) is 16.6 Å². The molecule has 2 aromatic heterocycles. The molecule has 1 amide bonds. The number of pyridine rings is 1. The molecule has 1 saturated heterocycles. The second-order valence-corrected chi connectivity index (χ2v) is 10.8. The van der Waals surface area contributed by atoms with Crippen LogP contribution in [0, 0.1) is 0 Å². The van der Waals surface area contributed by atoms with Crippen molar-refractivity contribution >= 4 is 50.6 Å². The molecule has 0 radical (unpaired) electrons. The van der Waals surface area contributed by atoms with Gasteiger partial charge in [0.25, 0.3) is 0 Å². The summed E-state index contributed by atoms with van der Waals surface area (Å²) in [5.74, 6) is 0.180. The molecule has 28 heavy (non-hydrogen) atoms. The van der Waals surface area contributed by atoms with Crippen molar-refractivity contribution < 1.29 is 17.9 Å². The number of rotatable bonds is 7. The normalized spacial score (nSPS) is 15.5. The minimum absolute atomic E-state index is 0.0404. The average molecular weight is 462 g/mol. The second-order valence-electron chi connectivity index (χ2n) is 6.09. The van der Waals surface area contributed by atoms with Gasteiger partial charge in [-0.1, -0.05) is 23.4 Å². The number of morpholine rings is 1. The Bertz CT molecular complexity index is 912. The van der Waals surface area contributed by atoms with Gasteiger partial charge in [-0.25, -0.2) is 13.4 Å². The third-order valence-electron chi connectivity index (χ3n) is 4.11. The van der Waals surface area contributed by atoms with Crippen LogP contribution in [0.3, 0.4) is 0 Å². The van der Waals surface area contributed by atoms with Crippen LogP contribution in [0.25, 0.3) is 0 Å². The van der Waals surface area contributed by atoms with Crippen LogP contribution in [0.2, 0.25) is 4.34 Å². The molecule has 0 bridgehead atoms. The van der Waals surface area contributed by atoms with Crippen LogP contribution in [0.15, 0.2) is 40.4 Å². The third kappa shape index (κ3) is 5.46. The molecule has 0 aliphatic carbocycles. The lowest BCUT2D eigenvalue weighted by molar-refractivity contribution is -0.127. The van der Waals surface area contributed by atoms with Gasteiger partial charge in [0, 0.05) is 31.2 Å². The van der Waals surface area contributed by atoms with Crippen LogP contribution in [0.4, 0.5) is 0 Å². The van der Waals surface area contributed by atoms with E-state index in [0.29, 0.717) is 42.2 Å². The Balaban J connectivity index is 1.54. The monoisotopic (exact) mass is 461 g/mol. The number of hydrogen-bond acceptors (Lipinski definition) is 7. The maximum Gasteiger partial charge on any atom is 0.244 e. The van der Waals surface area contributed by atoms with Gasteiger partial charge in [0.2, 0.25) is 15.9 Å². The number of amides is 1. The zero-order valence-corrected chi connectivity index (χ0v) is 18.4. The van der Waals surface area contributed by atoms with Crippen molar-refractivity contribution in [2.45, 2.75) is 16.5 Å². The first-order valence-electron chi connectivity index (χ1n) is 8.51. The Morgan fingerprint density at radius 2 is 2.07 bits per heavy atom. The van der Waals surface area contributed by atoms with E-state index in [1.54, 1.807) is 18.0 Å². The molecule has 1 fully saturated rings. The van der Waals surface area contributed by atoms with Crippen molar-refractivity contribution in [1.29, 1.82) is 0 Å². The Hall–Kier alpha value is -1.17. The van der Waals surface area contributed by atoms with Crippen LogP contribution >= 0.6 is 34.7 Å². The smallest absolute Gasteiger partial charge is 0.244 e. The molecule has 0 N–H and O–H groups in total. The minimum atomic E-state index is -3.56. The summed E-state index contributed by atoms with van der Waals surface area (Å²) < 4.78 is 32.5. The number of nitrogens with zero attached hydrogens (tertiary/aromatic N) is 3. The molecule has 152 valence electrons. The number of hydrogen-bond donors (Lipinski definition) is 0. The maximum atomic E-state index is 12.6. The Morgan fingerprint density at radius 3 is 2.68 bits per heavy atom. The van der Waals surface area contributed by atoms with Crippen molar-refractivity contribution in [3.63, 3.8) is 0 Å². The van der Waals surface area contributed by atoms with E-state index >= 15 is 0 Å². The van der Waals surface area contributed by atoms with Gasteiger partial charge in [-0.2, -0.15) is 4.31 Å². The molecule has 1 aliphatic rings. The second kappa shape index (κ2) is 9.55. The van der Waals surface area contributed by atoms with Gasteiger partial charge in [0.1, 0.15) is 4.90 Å². The molecule has 0 unspecified atom stereocenters. The van der Waals surface area contributed by atoms with E-state index < -0.39 is 10.0 Å². The van der Waals surface area contributed by atoms with Gasteiger partial charge in [-0.15, -0.1) is 11.3 Å². The van der Waals surface area contributed by atoms with Crippen molar-refractivity contribution in [1.82, 2.24) is 14.2 Å². The van der Waals surface area contributed by atoms with Crippen LogP contribution in [-0.2, 0) is 26.1 Å². The fraction of sp³-hybridized carbons (Fsp3) is 0.412. The lowest BCUT2D eigenvalue weighted by Crippen LogP contribution is -2.40. The lowest BCUT2D eigenvalue weighted by Gasteiger charge is -2.25. The van der Waals surface area contributed by atoms with Gasteiger partial charge in [0.05, 0.1) is 34.9 Å². The molecule has 2 aromatic rings. The largest absolute Gasteiger partial charge is 0.379 e. The van der Waals surface area contributed by atoms with Gasteiger partial charge in [-0.3, -0.25) is 4.79 Å². The molecule has 7 nitrogen and oxygen atoms in total. The highest BCUT2D eigenvalue weighted by Crippen LogP contribution is 2.23. The predicted octanol–water partition coefficient (Wildman–Crippen LogP) is 2.57. The zero-order valence-electron chi connectivity index (χ0n) is 15.2.